The van der Waals surface area contributed by atoms with Gasteiger partial charge >= 0.3 is 0 Å². The highest BCUT2D eigenvalue weighted by atomic mass is 16.5. The first kappa shape index (κ1) is 9.57. The summed E-state index contributed by atoms with van der Waals surface area (Å²) in [4.78, 5) is 7.87. The lowest BCUT2D eigenvalue weighted by Crippen LogP contribution is -2.13. The van der Waals surface area contributed by atoms with Crippen molar-refractivity contribution < 1.29 is 4.74 Å². The van der Waals surface area contributed by atoms with Crippen molar-refractivity contribution in [2.24, 2.45) is 0 Å². The minimum absolute atomic E-state index is 0.280. The molecule has 0 atom stereocenters. The zero-order valence-corrected chi connectivity index (χ0v) is 8.03. The molecule has 0 aliphatic carbocycles. The van der Waals surface area contributed by atoms with Crippen molar-refractivity contribution >= 4 is 11.5 Å². The molecule has 0 fully saturated rings. The summed E-state index contributed by atoms with van der Waals surface area (Å²) in [5.41, 5.74) is 6.17. The summed E-state index contributed by atoms with van der Waals surface area (Å²) in [5, 5.41) is 3.09. The van der Waals surface area contributed by atoms with Crippen molar-refractivity contribution in [3.63, 3.8) is 0 Å². The van der Waals surface area contributed by atoms with Crippen LogP contribution in [0.3, 0.4) is 0 Å². The van der Waals surface area contributed by atoms with E-state index in [4.69, 9.17) is 10.5 Å². The highest BCUT2D eigenvalue weighted by molar-refractivity contribution is 5.66. The molecular formula is C8H14N4O. The van der Waals surface area contributed by atoms with Crippen molar-refractivity contribution in [1.29, 1.82) is 0 Å². The molecule has 1 rings (SSSR count). The molecule has 0 unspecified atom stereocenters. The lowest BCUT2D eigenvalue weighted by Gasteiger charge is -2.12. The third-order valence-electron chi connectivity index (χ3n) is 1.47. The minimum Gasteiger partial charge on any atom is -0.479 e. The van der Waals surface area contributed by atoms with E-state index < -0.39 is 0 Å². The maximum absolute atomic E-state index is 5.73. The van der Waals surface area contributed by atoms with Gasteiger partial charge in [0.25, 0.3) is 0 Å². The number of nitrogens with one attached hydrogen (secondary N) is 1. The van der Waals surface area contributed by atoms with Crippen molar-refractivity contribution in [2.75, 3.05) is 18.2 Å². The zero-order chi connectivity index (χ0) is 9.84. The Hall–Kier alpha value is -1.52. The molecule has 0 saturated carbocycles. The standard InChI is InChI=1S/C8H14N4O/c1-5(2)12-7-6(9)8(13-3)11-4-10-7/h4-5H,9H2,1-3H3,(H,10,11,12). The molecule has 0 saturated heterocycles. The molecule has 72 valence electrons. The highest BCUT2D eigenvalue weighted by Gasteiger charge is 2.08. The molecule has 5 heteroatoms. The maximum Gasteiger partial charge on any atom is 0.242 e. The summed E-state index contributed by atoms with van der Waals surface area (Å²) in [5.74, 6) is 1.01. The van der Waals surface area contributed by atoms with Crippen LogP contribution in [0.4, 0.5) is 11.5 Å². The molecule has 3 N–H and O–H groups in total. The van der Waals surface area contributed by atoms with E-state index in [1.807, 2.05) is 13.8 Å². The van der Waals surface area contributed by atoms with E-state index in [-0.39, 0.29) is 6.04 Å². The molecule has 0 spiro atoms. The predicted octanol–water partition coefficient (Wildman–Crippen LogP) is 0.888. The third-order valence-corrected chi connectivity index (χ3v) is 1.47. The van der Waals surface area contributed by atoms with Gasteiger partial charge in [-0.2, -0.15) is 4.98 Å². The van der Waals surface area contributed by atoms with Gasteiger partial charge in [0, 0.05) is 6.04 Å². The number of nitrogens with zero attached hydrogens (tertiary/aromatic N) is 2. The van der Waals surface area contributed by atoms with Crippen LogP contribution in [0.15, 0.2) is 6.33 Å². The fourth-order valence-corrected chi connectivity index (χ4v) is 0.931. The van der Waals surface area contributed by atoms with Gasteiger partial charge in [0.1, 0.15) is 12.0 Å². The first-order chi connectivity index (χ1) is 6.15. The van der Waals surface area contributed by atoms with Gasteiger partial charge in [-0.15, -0.1) is 0 Å². The lowest BCUT2D eigenvalue weighted by atomic mass is 10.3. The second-order valence-corrected chi connectivity index (χ2v) is 2.94. The average molecular weight is 182 g/mol. The molecule has 1 heterocycles. The summed E-state index contributed by atoms with van der Waals surface area (Å²) < 4.78 is 4.95. The lowest BCUT2D eigenvalue weighted by molar-refractivity contribution is 0.399. The van der Waals surface area contributed by atoms with Gasteiger partial charge in [-0.1, -0.05) is 0 Å². The van der Waals surface area contributed by atoms with E-state index in [1.54, 1.807) is 0 Å². The molecule has 0 radical (unpaired) electrons. The molecule has 0 bridgehead atoms. The van der Waals surface area contributed by atoms with Crippen LogP contribution in [0.1, 0.15) is 13.8 Å². The summed E-state index contributed by atoms with van der Waals surface area (Å²) in [6.07, 6.45) is 1.42. The number of nitrogen functional groups attached to an aromatic ring is 1. The van der Waals surface area contributed by atoms with Crippen molar-refractivity contribution in [3.05, 3.63) is 6.33 Å². The molecular weight excluding hydrogens is 168 g/mol. The Balaban J connectivity index is 2.94. The number of rotatable bonds is 3. The Morgan fingerprint density at radius 1 is 1.46 bits per heavy atom. The molecule has 5 nitrogen and oxygen atoms in total. The second-order valence-electron chi connectivity index (χ2n) is 2.94. The first-order valence-corrected chi connectivity index (χ1v) is 4.06. The van der Waals surface area contributed by atoms with Crippen LogP contribution in [-0.4, -0.2) is 23.1 Å². The monoisotopic (exact) mass is 182 g/mol. The summed E-state index contributed by atoms with van der Waals surface area (Å²) in [7, 11) is 1.53. The Labute approximate surface area is 77.3 Å². The van der Waals surface area contributed by atoms with Gasteiger partial charge in [0.2, 0.25) is 5.88 Å². The fourth-order valence-electron chi connectivity index (χ4n) is 0.931. The molecule has 13 heavy (non-hydrogen) atoms. The van der Waals surface area contributed by atoms with Gasteiger partial charge in [0.15, 0.2) is 5.82 Å². The Morgan fingerprint density at radius 2 is 2.15 bits per heavy atom. The molecule has 0 aliphatic rings. The van der Waals surface area contributed by atoms with Crippen molar-refractivity contribution in [1.82, 2.24) is 9.97 Å². The number of anilines is 2. The molecule has 0 amide bonds. The fraction of sp³-hybridized carbons (Fsp3) is 0.500. The molecule has 1 aromatic rings. The van der Waals surface area contributed by atoms with E-state index in [0.717, 1.165) is 0 Å². The Kier molecular flexibility index (Phi) is 2.89. The van der Waals surface area contributed by atoms with Crippen LogP contribution in [0.5, 0.6) is 5.88 Å². The smallest absolute Gasteiger partial charge is 0.242 e. The quantitative estimate of drug-likeness (QED) is 0.726. The van der Waals surface area contributed by atoms with Crippen LogP contribution in [0.2, 0.25) is 0 Å². The Morgan fingerprint density at radius 3 is 2.69 bits per heavy atom. The topological polar surface area (TPSA) is 73.1 Å². The van der Waals surface area contributed by atoms with Crippen LogP contribution in [0.25, 0.3) is 0 Å². The second kappa shape index (κ2) is 3.93. The summed E-state index contributed by atoms with van der Waals surface area (Å²) in [6.45, 7) is 4.02. The van der Waals surface area contributed by atoms with Gasteiger partial charge in [-0.25, -0.2) is 4.98 Å². The van der Waals surface area contributed by atoms with Crippen LogP contribution >= 0.6 is 0 Å². The predicted molar refractivity (Wildman–Crippen MR) is 51.8 cm³/mol. The highest BCUT2D eigenvalue weighted by Crippen LogP contribution is 2.24. The van der Waals surface area contributed by atoms with Crippen LogP contribution in [0, 0.1) is 0 Å². The first-order valence-electron chi connectivity index (χ1n) is 4.06. The summed E-state index contributed by atoms with van der Waals surface area (Å²) in [6, 6.07) is 0.280. The van der Waals surface area contributed by atoms with Crippen molar-refractivity contribution in [2.45, 2.75) is 19.9 Å². The van der Waals surface area contributed by atoms with E-state index in [1.165, 1.54) is 13.4 Å². The van der Waals surface area contributed by atoms with Crippen LogP contribution in [-0.2, 0) is 0 Å². The molecule has 0 aliphatic heterocycles. The number of nitrogens with two attached hydrogens (primary N) is 1. The van der Waals surface area contributed by atoms with Crippen LogP contribution < -0.4 is 15.8 Å². The molecule has 0 aromatic carbocycles. The van der Waals surface area contributed by atoms with E-state index >= 15 is 0 Å². The number of hydrogen-bond donors (Lipinski definition) is 2. The van der Waals surface area contributed by atoms with Gasteiger partial charge in [-0.3, -0.25) is 0 Å². The van der Waals surface area contributed by atoms with Gasteiger partial charge in [-0.05, 0) is 13.8 Å². The zero-order valence-electron chi connectivity index (χ0n) is 8.03. The van der Waals surface area contributed by atoms with Crippen molar-refractivity contribution in [3.8, 4) is 5.88 Å². The average Bonchev–Trinajstić information content (AvgIpc) is 2.08. The normalized spacial score (nSPS) is 10.2. The van der Waals surface area contributed by atoms with E-state index in [2.05, 4.69) is 15.3 Å². The van der Waals surface area contributed by atoms with Gasteiger partial charge < -0.3 is 15.8 Å². The van der Waals surface area contributed by atoms with E-state index in [0.29, 0.717) is 17.4 Å². The number of aromatic nitrogens is 2. The minimum atomic E-state index is 0.280. The number of ether oxygens (including phenoxy) is 1. The maximum atomic E-state index is 5.73. The largest absolute Gasteiger partial charge is 0.479 e. The summed E-state index contributed by atoms with van der Waals surface area (Å²) >= 11 is 0. The molecule has 1 aromatic heterocycles. The SMILES string of the molecule is COc1ncnc(NC(C)C)c1N. The number of methoxy groups -OCH3 is 1. The third kappa shape index (κ3) is 2.21. The Bertz CT molecular complexity index is 287. The number of hydrogen-bond acceptors (Lipinski definition) is 5. The van der Waals surface area contributed by atoms with Gasteiger partial charge in [0.05, 0.1) is 7.11 Å². The van der Waals surface area contributed by atoms with E-state index in [9.17, 15) is 0 Å².